The first-order valence-corrected chi connectivity index (χ1v) is 9.70. The molecule has 2 aromatic rings. The molecule has 0 unspecified atom stereocenters. The Hall–Kier alpha value is -0.890. The van der Waals surface area contributed by atoms with E-state index in [1.807, 2.05) is 11.4 Å². The van der Waals surface area contributed by atoms with Crippen LogP contribution < -0.4 is 10.0 Å². The molecule has 0 atom stereocenters. The van der Waals surface area contributed by atoms with E-state index in [1.165, 1.54) is 22.7 Å². The summed E-state index contributed by atoms with van der Waals surface area (Å²) in [5.41, 5.74) is 0.620. The predicted molar refractivity (Wildman–Crippen MR) is 86.3 cm³/mol. The van der Waals surface area contributed by atoms with Gasteiger partial charge in [0.25, 0.3) is 10.0 Å². The van der Waals surface area contributed by atoms with E-state index in [2.05, 4.69) is 17.0 Å². The van der Waals surface area contributed by atoms with Crippen LogP contribution in [0.25, 0.3) is 0 Å². The van der Waals surface area contributed by atoms with Crippen molar-refractivity contribution in [2.24, 2.45) is 0 Å². The minimum atomic E-state index is -3.44. The summed E-state index contributed by atoms with van der Waals surface area (Å²) in [6.07, 6.45) is 1.97. The molecule has 2 rings (SSSR count). The summed E-state index contributed by atoms with van der Waals surface area (Å²) in [5, 5.41) is 6.93. The minimum absolute atomic E-state index is 0.370. The van der Waals surface area contributed by atoms with Crippen molar-refractivity contribution in [3.8, 4) is 0 Å². The van der Waals surface area contributed by atoms with Gasteiger partial charge in [0, 0.05) is 10.3 Å². The summed E-state index contributed by atoms with van der Waals surface area (Å²) < 4.78 is 27.3. The highest BCUT2D eigenvalue weighted by molar-refractivity contribution is 7.94. The van der Waals surface area contributed by atoms with Gasteiger partial charge in [0.2, 0.25) is 0 Å². The summed E-state index contributed by atoms with van der Waals surface area (Å²) >= 11 is 2.80. The van der Waals surface area contributed by atoms with Crippen LogP contribution in [0.2, 0.25) is 0 Å². The monoisotopic (exact) mass is 330 g/mol. The fourth-order valence-corrected chi connectivity index (χ4v) is 4.75. The molecule has 0 aromatic carbocycles. The zero-order chi connectivity index (χ0) is 14.4. The van der Waals surface area contributed by atoms with E-state index in [1.54, 1.807) is 17.5 Å². The van der Waals surface area contributed by atoms with Crippen LogP contribution >= 0.6 is 22.7 Å². The molecule has 0 aliphatic rings. The van der Waals surface area contributed by atoms with Crippen molar-refractivity contribution in [1.82, 2.24) is 5.32 Å². The maximum absolute atomic E-state index is 12.2. The summed E-state index contributed by atoms with van der Waals surface area (Å²) in [7, 11) is -3.44. The van der Waals surface area contributed by atoms with E-state index >= 15 is 0 Å². The summed E-state index contributed by atoms with van der Waals surface area (Å²) in [4.78, 5) is 1.08. The van der Waals surface area contributed by atoms with E-state index in [0.29, 0.717) is 9.90 Å². The summed E-state index contributed by atoms with van der Waals surface area (Å²) in [5.74, 6) is 0. The van der Waals surface area contributed by atoms with Gasteiger partial charge in [-0.2, -0.15) is 11.3 Å². The van der Waals surface area contributed by atoms with Crippen molar-refractivity contribution in [2.75, 3.05) is 17.8 Å². The van der Waals surface area contributed by atoms with Crippen molar-refractivity contribution < 1.29 is 8.42 Å². The Labute approximate surface area is 127 Å². The van der Waals surface area contributed by atoms with Gasteiger partial charge in [-0.3, -0.25) is 4.72 Å². The first-order valence-electron chi connectivity index (χ1n) is 6.46. The second-order valence-corrected chi connectivity index (χ2v) is 8.20. The van der Waals surface area contributed by atoms with Gasteiger partial charge in [-0.05, 0) is 49.5 Å². The number of anilines is 1. The van der Waals surface area contributed by atoms with Crippen LogP contribution in [0.4, 0.5) is 5.69 Å². The van der Waals surface area contributed by atoms with Crippen LogP contribution in [0.3, 0.4) is 0 Å². The van der Waals surface area contributed by atoms with Crippen LogP contribution in [0.1, 0.15) is 18.2 Å². The Morgan fingerprint density at radius 3 is 2.75 bits per heavy atom. The summed E-state index contributed by atoms with van der Waals surface area (Å²) in [6.45, 7) is 4.00. The standard InChI is InChI=1S/C13H18N2O2S3/c1-2-7-14-8-5-12-3-4-13(19-12)20(16,17)15-11-6-9-18-10-11/h3-4,6,9-10,14-15H,2,5,7-8H2,1H3. The Morgan fingerprint density at radius 1 is 1.20 bits per heavy atom. The summed E-state index contributed by atoms with van der Waals surface area (Å²) in [6, 6.07) is 5.32. The maximum atomic E-state index is 12.2. The molecule has 20 heavy (non-hydrogen) atoms. The van der Waals surface area contributed by atoms with Crippen LogP contribution in [-0.4, -0.2) is 21.5 Å². The van der Waals surface area contributed by atoms with E-state index in [4.69, 9.17) is 0 Å². The Morgan fingerprint density at radius 2 is 2.05 bits per heavy atom. The SMILES string of the molecule is CCCNCCc1ccc(S(=O)(=O)Nc2ccsc2)s1. The highest BCUT2D eigenvalue weighted by Crippen LogP contribution is 2.25. The molecule has 2 aromatic heterocycles. The molecular weight excluding hydrogens is 312 g/mol. The highest BCUT2D eigenvalue weighted by Gasteiger charge is 2.17. The molecule has 0 bridgehead atoms. The first-order chi connectivity index (χ1) is 9.62. The van der Waals surface area contributed by atoms with Gasteiger partial charge in [-0.15, -0.1) is 11.3 Å². The molecule has 0 aliphatic heterocycles. The molecule has 4 nitrogen and oxygen atoms in total. The molecule has 0 saturated carbocycles. The van der Waals surface area contributed by atoms with Crippen molar-refractivity contribution in [3.05, 3.63) is 33.8 Å². The van der Waals surface area contributed by atoms with Crippen molar-refractivity contribution >= 4 is 38.4 Å². The quantitative estimate of drug-likeness (QED) is 0.731. The van der Waals surface area contributed by atoms with Gasteiger partial charge in [0.05, 0.1) is 5.69 Å². The van der Waals surface area contributed by atoms with Crippen LogP contribution in [0.15, 0.2) is 33.2 Å². The van der Waals surface area contributed by atoms with Crippen LogP contribution in [0, 0.1) is 0 Å². The second kappa shape index (κ2) is 7.21. The van der Waals surface area contributed by atoms with Crippen LogP contribution in [0.5, 0.6) is 0 Å². The van der Waals surface area contributed by atoms with E-state index < -0.39 is 10.0 Å². The number of rotatable bonds is 8. The lowest BCUT2D eigenvalue weighted by molar-refractivity contribution is 0.603. The normalized spacial score (nSPS) is 11.7. The van der Waals surface area contributed by atoms with Crippen molar-refractivity contribution in [3.63, 3.8) is 0 Å². The van der Waals surface area contributed by atoms with E-state index in [-0.39, 0.29) is 0 Å². The third-order valence-electron chi connectivity index (χ3n) is 2.65. The minimum Gasteiger partial charge on any atom is -0.316 e. The van der Waals surface area contributed by atoms with Crippen molar-refractivity contribution in [2.45, 2.75) is 24.0 Å². The average Bonchev–Trinajstić information content (AvgIpc) is 3.05. The average molecular weight is 330 g/mol. The number of hydrogen-bond donors (Lipinski definition) is 2. The zero-order valence-electron chi connectivity index (χ0n) is 11.3. The molecular formula is C13H18N2O2S3. The molecule has 0 saturated heterocycles. The molecule has 0 spiro atoms. The molecule has 7 heteroatoms. The van der Waals surface area contributed by atoms with E-state index in [0.717, 1.165) is 30.8 Å². The Bertz CT molecular complexity index is 618. The largest absolute Gasteiger partial charge is 0.316 e. The number of sulfonamides is 1. The number of hydrogen-bond acceptors (Lipinski definition) is 5. The van der Waals surface area contributed by atoms with Crippen LogP contribution in [-0.2, 0) is 16.4 Å². The van der Waals surface area contributed by atoms with Gasteiger partial charge < -0.3 is 5.32 Å². The molecule has 0 amide bonds. The van der Waals surface area contributed by atoms with Crippen molar-refractivity contribution in [1.29, 1.82) is 0 Å². The van der Waals surface area contributed by atoms with E-state index in [9.17, 15) is 8.42 Å². The lowest BCUT2D eigenvalue weighted by atomic mass is 10.3. The van der Waals surface area contributed by atoms with Gasteiger partial charge in [0.15, 0.2) is 0 Å². The Kier molecular flexibility index (Phi) is 5.59. The maximum Gasteiger partial charge on any atom is 0.271 e. The molecule has 0 aliphatic carbocycles. The molecule has 0 radical (unpaired) electrons. The zero-order valence-corrected chi connectivity index (χ0v) is 13.7. The van der Waals surface area contributed by atoms with Gasteiger partial charge in [-0.1, -0.05) is 6.92 Å². The number of thiophene rings is 2. The lowest BCUT2D eigenvalue weighted by Gasteiger charge is -2.03. The fourth-order valence-electron chi connectivity index (χ4n) is 1.68. The Balaban J connectivity index is 1.97. The third kappa shape index (κ3) is 4.31. The third-order valence-corrected chi connectivity index (χ3v) is 6.35. The van der Waals surface area contributed by atoms with Gasteiger partial charge in [0.1, 0.15) is 4.21 Å². The smallest absolute Gasteiger partial charge is 0.271 e. The lowest BCUT2D eigenvalue weighted by Crippen LogP contribution is -2.17. The van der Waals surface area contributed by atoms with Gasteiger partial charge >= 0.3 is 0 Å². The molecule has 2 heterocycles. The fraction of sp³-hybridized carbons (Fsp3) is 0.385. The highest BCUT2D eigenvalue weighted by atomic mass is 32.2. The first kappa shape index (κ1) is 15.5. The number of nitrogens with one attached hydrogen (secondary N) is 2. The van der Waals surface area contributed by atoms with Gasteiger partial charge in [-0.25, -0.2) is 8.42 Å². The predicted octanol–water partition coefficient (Wildman–Crippen LogP) is 3.15. The molecule has 0 fully saturated rings. The molecule has 110 valence electrons. The second-order valence-electron chi connectivity index (χ2n) is 4.34. The molecule has 2 N–H and O–H groups in total. The topological polar surface area (TPSA) is 58.2 Å².